The summed E-state index contributed by atoms with van der Waals surface area (Å²) in [5, 5.41) is 0.634. The number of carbonyl (C=O) groups is 2. The first-order valence-corrected chi connectivity index (χ1v) is 11.3. The molecule has 0 amide bonds. The maximum atomic E-state index is 12.8. The van der Waals surface area contributed by atoms with Crippen molar-refractivity contribution in [1.82, 2.24) is 4.57 Å². The van der Waals surface area contributed by atoms with E-state index in [-0.39, 0.29) is 18.9 Å². The van der Waals surface area contributed by atoms with Gasteiger partial charge in [-0.15, -0.1) is 0 Å². The number of fused-ring (bicyclic) bond motifs is 1. The fourth-order valence-electron chi connectivity index (χ4n) is 3.42. The fourth-order valence-corrected chi connectivity index (χ4v) is 4.38. The number of hydrogen-bond acceptors (Lipinski definition) is 5. The Morgan fingerprint density at radius 1 is 1.10 bits per heavy atom. The van der Waals surface area contributed by atoms with Gasteiger partial charge in [-0.3, -0.25) is 13.7 Å². The Morgan fingerprint density at radius 3 is 2.50 bits per heavy atom. The molecule has 1 heterocycles. The molecule has 3 rings (SSSR count). The average molecular weight is 429 g/mol. The number of carbonyl (C=O) groups excluding carboxylic acids is 2. The molecular weight excluding hydrogens is 404 g/mol. The Hall–Kier alpha value is -3.13. The van der Waals surface area contributed by atoms with Crippen LogP contribution in [0.3, 0.4) is 0 Å². The lowest BCUT2D eigenvalue weighted by Gasteiger charge is -2.22. The lowest BCUT2D eigenvalue weighted by Crippen LogP contribution is -2.31. The largest absolute Gasteiger partial charge is 0.465 e. The molecule has 30 heavy (non-hydrogen) atoms. The van der Waals surface area contributed by atoms with Gasteiger partial charge in [-0.2, -0.15) is 0 Å². The number of anilines is 1. The van der Waals surface area contributed by atoms with Crippen LogP contribution in [0.2, 0.25) is 0 Å². The third-order valence-corrected chi connectivity index (χ3v) is 6.02. The van der Waals surface area contributed by atoms with Crippen LogP contribution in [0.4, 0.5) is 5.69 Å². The van der Waals surface area contributed by atoms with Crippen molar-refractivity contribution in [2.75, 3.05) is 24.2 Å². The van der Waals surface area contributed by atoms with Crippen molar-refractivity contribution >= 4 is 38.5 Å². The molecule has 0 unspecified atom stereocenters. The summed E-state index contributed by atoms with van der Waals surface area (Å²) in [4.78, 5) is 24.9. The summed E-state index contributed by atoms with van der Waals surface area (Å²) in [6.07, 6.45) is 3.09. The minimum atomic E-state index is -3.49. The number of rotatable bonds is 7. The van der Waals surface area contributed by atoms with Crippen molar-refractivity contribution in [1.29, 1.82) is 0 Å². The van der Waals surface area contributed by atoms with Crippen LogP contribution in [0, 0.1) is 6.92 Å². The summed E-state index contributed by atoms with van der Waals surface area (Å²) in [5.41, 5.74) is 2.45. The monoisotopic (exact) mass is 428 g/mol. The highest BCUT2D eigenvalue weighted by Crippen LogP contribution is 2.23. The maximum absolute atomic E-state index is 12.8. The van der Waals surface area contributed by atoms with Gasteiger partial charge in [0, 0.05) is 24.5 Å². The van der Waals surface area contributed by atoms with Crippen molar-refractivity contribution < 1.29 is 22.7 Å². The number of nitrogens with zero attached hydrogens (tertiary/aromatic N) is 2. The standard InChI is InChI=1S/C22H24N2O5S/c1-16-8-6-9-17(14-16)24(30(3,27)28)13-7-12-21(25)23-15-19(22(26)29-2)18-10-4-5-11-20(18)23/h4-6,8-11,14-15H,7,12-13H2,1-3H3. The zero-order valence-corrected chi connectivity index (χ0v) is 18.0. The number of esters is 1. The first-order valence-electron chi connectivity index (χ1n) is 9.48. The Balaban J connectivity index is 1.79. The molecule has 0 atom stereocenters. The Labute approximate surface area is 175 Å². The summed E-state index contributed by atoms with van der Waals surface area (Å²) in [6.45, 7) is 2.07. The van der Waals surface area contributed by atoms with Gasteiger partial charge in [0.2, 0.25) is 15.9 Å². The number of benzene rings is 2. The molecule has 3 aromatic rings. The zero-order valence-electron chi connectivity index (χ0n) is 17.2. The number of aromatic nitrogens is 1. The van der Waals surface area contributed by atoms with E-state index in [9.17, 15) is 18.0 Å². The van der Waals surface area contributed by atoms with Crippen LogP contribution in [0.25, 0.3) is 10.9 Å². The third kappa shape index (κ3) is 4.54. The number of sulfonamides is 1. The van der Waals surface area contributed by atoms with Gasteiger partial charge in [-0.1, -0.05) is 30.3 Å². The number of hydrogen-bond donors (Lipinski definition) is 0. The van der Waals surface area contributed by atoms with Crippen molar-refractivity contribution in [3.8, 4) is 0 Å². The van der Waals surface area contributed by atoms with Gasteiger partial charge in [0.25, 0.3) is 0 Å². The molecule has 7 nitrogen and oxygen atoms in total. The van der Waals surface area contributed by atoms with Crippen LogP contribution in [-0.4, -0.2) is 44.8 Å². The number of para-hydroxylation sites is 1. The van der Waals surface area contributed by atoms with Crippen LogP contribution >= 0.6 is 0 Å². The maximum Gasteiger partial charge on any atom is 0.340 e. The van der Waals surface area contributed by atoms with E-state index in [1.54, 1.807) is 42.5 Å². The van der Waals surface area contributed by atoms with E-state index >= 15 is 0 Å². The summed E-state index contributed by atoms with van der Waals surface area (Å²) >= 11 is 0. The second-order valence-electron chi connectivity index (χ2n) is 7.09. The first kappa shape index (κ1) is 21.6. The second kappa shape index (κ2) is 8.71. The molecule has 0 saturated carbocycles. The molecule has 8 heteroatoms. The molecule has 0 saturated heterocycles. The van der Waals surface area contributed by atoms with Crippen molar-refractivity contribution in [2.24, 2.45) is 0 Å². The lowest BCUT2D eigenvalue weighted by molar-refractivity contribution is 0.0603. The fraction of sp³-hybridized carbons (Fsp3) is 0.273. The van der Waals surface area contributed by atoms with Crippen molar-refractivity contribution in [3.05, 3.63) is 65.9 Å². The Morgan fingerprint density at radius 2 is 1.83 bits per heavy atom. The predicted molar refractivity (Wildman–Crippen MR) is 117 cm³/mol. The number of methoxy groups -OCH3 is 1. The third-order valence-electron chi connectivity index (χ3n) is 4.83. The Bertz CT molecular complexity index is 1200. The molecule has 158 valence electrons. The van der Waals surface area contributed by atoms with Crippen LogP contribution in [0.5, 0.6) is 0 Å². The molecule has 0 N–H and O–H groups in total. The molecule has 0 spiro atoms. The van der Waals surface area contributed by atoms with Gasteiger partial charge >= 0.3 is 5.97 Å². The average Bonchev–Trinajstić information content (AvgIpc) is 3.09. The highest BCUT2D eigenvalue weighted by molar-refractivity contribution is 7.92. The Kier molecular flexibility index (Phi) is 6.26. The van der Waals surface area contributed by atoms with Crippen molar-refractivity contribution in [2.45, 2.75) is 19.8 Å². The first-order chi connectivity index (χ1) is 14.2. The van der Waals surface area contributed by atoms with Crippen LogP contribution in [0.1, 0.15) is 33.6 Å². The lowest BCUT2D eigenvalue weighted by atomic mass is 10.2. The number of ether oxygens (including phenoxy) is 1. The summed E-state index contributed by atoms with van der Waals surface area (Å²) < 4.78 is 32.1. The van der Waals surface area contributed by atoms with Crippen LogP contribution in [-0.2, 0) is 14.8 Å². The molecular formula is C22H24N2O5S. The van der Waals surface area contributed by atoms with E-state index in [4.69, 9.17) is 4.74 Å². The molecule has 1 aromatic heterocycles. The van der Waals surface area contributed by atoms with E-state index in [2.05, 4.69) is 0 Å². The minimum absolute atomic E-state index is 0.122. The van der Waals surface area contributed by atoms with Crippen LogP contribution in [0.15, 0.2) is 54.7 Å². The predicted octanol–water partition coefficient (Wildman–Crippen LogP) is 3.62. The topological polar surface area (TPSA) is 85.7 Å². The van der Waals surface area contributed by atoms with E-state index in [1.807, 2.05) is 13.0 Å². The van der Waals surface area contributed by atoms with Gasteiger partial charge in [0.15, 0.2) is 0 Å². The summed E-state index contributed by atoms with van der Waals surface area (Å²) in [7, 11) is -2.20. The molecule has 0 aliphatic heterocycles. The van der Waals surface area contributed by atoms with E-state index in [0.29, 0.717) is 28.6 Å². The molecule has 0 aliphatic carbocycles. The van der Waals surface area contributed by atoms with E-state index < -0.39 is 16.0 Å². The van der Waals surface area contributed by atoms with Crippen molar-refractivity contribution in [3.63, 3.8) is 0 Å². The molecule has 0 aliphatic rings. The highest BCUT2D eigenvalue weighted by Gasteiger charge is 2.20. The van der Waals surface area contributed by atoms with E-state index in [0.717, 1.165) is 11.8 Å². The highest BCUT2D eigenvalue weighted by atomic mass is 32.2. The van der Waals surface area contributed by atoms with Gasteiger partial charge in [-0.25, -0.2) is 13.2 Å². The van der Waals surface area contributed by atoms with E-state index in [1.165, 1.54) is 22.2 Å². The molecule has 0 radical (unpaired) electrons. The van der Waals surface area contributed by atoms with Gasteiger partial charge in [-0.05, 0) is 37.1 Å². The molecule has 0 fully saturated rings. The molecule has 2 aromatic carbocycles. The zero-order chi connectivity index (χ0) is 21.9. The number of aryl methyl sites for hydroxylation is 1. The van der Waals surface area contributed by atoms with Gasteiger partial charge in [0.1, 0.15) is 0 Å². The van der Waals surface area contributed by atoms with Gasteiger partial charge < -0.3 is 4.74 Å². The van der Waals surface area contributed by atoms with Gasteiger partial charge in [0.05, 0.1) is 30.1 Å². The summed E-state index contributed by atoms with van der Waals surface area (Å²) in [6, 6.07) is 14.3. The SMILES string of the molecule is COC(=O)c1cn(C(=O)CCCN(c2cccc(C)c2)S(C)(=O)=O)c2ccccc12. The normalized spacial score (nSPS) is 11.4. The minimum Gasteiger partial charge on any atom is -0.465 e. The smallest absolute Gasteiger partial charge is 0.340 e. The quantitative estimate of drug-likeness (QED) is 0.537. The second-order valence-corrected chi connectivity index (χ2v) is 9.00. The molecule has 0 bridgehead atoms. The summed E-state index contributed by atoms with van der Waals surface area (Å²) in [5.74, 6) is -0.737. The van der Waals surface area contributed by atoms with Crippen LogP contribution < -0.4 is 4.31 Å².